The summed E-state index contributed by atoms with van der Waals surface area (Å²) in [7, 11) is 0. The first-order chi connectivity index (χ1) is 16.2. The SMILES string of the molecule is CCOc1ccccc1C1NC(=O)N(CC(=O)Nc2ccc(C(F)(F)F)cc2)C2=C1C(=O)OC2. The molecule has 0 bridgehead atoms. The highest BCUT2D eigenvalue weighted by Gasteiger charge is 2.43. The van der Waals surface area contributed by atoms with Gasteiger partial charge in [-0.2, -0.15) is 13.2 Å². The summed E-state index contributed by atoms with van der Waals surface area (Å²) in [5.41, 5.74) is 0.280. The Morgan fingerprint density at radius 2 is 1.88 bits per heavy atom. The van der Waals surface area contributed by atoms with Crippen LogP contribution in [0, 0.1) is 0 Å². The van der Waals surface area contributed by atoms with E-state index >= 15 is 0 Å². The maximum atomic E-state index is 12.9. The van der Waals surface area contributed by atoms with E-state index in [9.17, 15) is 27.6 Å². The van der Waals surface area contributed by atoms with Gasteiger partial charge in [0.2, 0.25) is 5.91 Å². The molecule has 0 aliphatic carbocycles. The number of benzene rings is 2. The average molecular weight is 475 g/mol. The number of alkyl halides is 3. The van der Waals surface area contributed by atoms with Gasteiger partial charge in [-0.1, -0.05) is 18.2 Å². The summed E-state index contributed by atoms with van der Waals surface area (Å²) in [4.78, 5) is 39.0. The molecular formula is C23H20F3N3O5. The van der Waals surface area contributed by atoms with E-state index < -0.39 is 42.2 Å². The Hall–Kier alpha value is -4.02. The first-order valence-electron chi connectivity index (χ1n) is 10.4. The summed E-state index contributed by atoms with van der Waals surface area (Å²) in [6, 6.07) is 9.41. The molecule has 3 amide bonds. The number of anilines is 1. The van der Waals surface area contributed by atoms with Crippen LogP contribution in [0.4, 0.5) is 23.7 Å². The molecule has 1 atom stereocenters. The molecule has 2 heterocycles. The molecule has 2 aliphatic rings. The lowest BCUT2D eigenvalue weighted by Gasteiger charge is -2.33. The largest absolute Gasteiger partial charge is 0.494 e. The minimum absolute atomic E-state index is 0.131. The summed E-state index contributed by atoms with van der Waals surface area (Å²) in [5, 5.41) is 5.17. The summed E-state index contributed by atoms with van der Waals surface area (Å²) in [6.07, 6.45) is -4.50. The van der Waals surface area contributed by atoms with Crippen molar-refractivity contribution in [1.29, 1.82) is 0 Å². The Morgan fingerprint density at radius 3 is 2.56 bits per heavy atom. The lowest BCUT2D eigenvalue weighted by molar-refractivity contribution is -0.138. The van der Waals surface area contributed by atoms with E-state index in [4.69, 9.17) is 9.47 Å². The van der Waals surface area contributed by atoms with Crippen LogP contribution in [0.15, 0.2) is 59.8 Å². The van der Waals surface area contributed by atoms with Crippen LogP contribution in [0.2, 0.25) is 0 Å². The molecule has 0 spiro atoms. The van der Waals surface area contributed by atoms with Crippen LogP contribution in [0.25, 0.3) is 0 Å². The highest BCUT2D eigenvalue weighted by molar-refractivity contribution is 6.00. The Kier molecular flexibility index (Phi) is 6.18. The smallest absolute Gasteiger partial charge is 0.416 e. The standard InChI is InChI=1S/C23H20F3N3O5/c1-2-33-17-6-4-3-5-15(17)20-19-16(12-34-21(19)31)29(22(32)28-20)11-18(30)27-14-9-7-13(8-10-14)23(24,25)26/h3-10,20H,2,11-12H2,1H3,(H,27,30)(H,28,32). The van der Waals surface area contributed by atoms with Crippen LogP contribution in [-0.2, 0) is 20.5 Å². The number of esters is 1. The molecule has 0 fully saturated rings. The fraction of sp³-hybridized carbons (Fsp3) is 0.261. The topological polar surface area (TPSA) is 97.0 Å². The molecule has 0 aromatic heterocycles. The van der Waals surface area contributed by atoms with Gasteiger partial charge in [-0.3, -0.25) is 9.69 Å². The lowest BCUT2D eigenvalue weighted by Crippen LogP contribution is -2.49. The van der Waals surface area contributed by atoms with Gasteiger partial charge in [-0.05, 0) is 37.3 Å². The summed E-state index contributed by atoms with van der Waals surface area (Å²) >= 11 is 0. The predicted molar refractivity (Wildman–Crippen MR) is 114 cm³/mol. The maximum Gasteiger partial charge on any atom is 0.416 e. The fourth-order valence-electron chi connectivity index (χ4n) is 3.80. The molecule has 2 aliphatic heterocycles. The van der Waals surface area contributed by atoms with Gasteiger partial charge in [-0.25, -0.2) is 9.59 Å². The van der Waals surface area contributed by atoms with Gasteiger partial charge in [0, 0.05) is 11.3 Å². The molecule has 11 heteroatoms. The van der Waals surface area contributed by atoms with Gasteiger partial charge in [0.05, 0.1) is 29.5 Å². The molecule has 4 rings (SSSR count). The quantitative estimate of drug-likeness (QED) is 0.623. The molecule has 0 radical (unpaired) electrons. The molecule has 2 aromatic carbocycles. The number of carbonyl (C=O) groups is 3. The normalized spacial score (nSPS) is 17.8. The zero-order chi connectivity index (χ0) is 24.5. The van der Waals surface area contributed by atoms with Gasteiger partial charge in [-0.15, -0.1) is 0 Å². The Bertz CT molecular complexity index is 1160. The van der Waals surface area contributed by atoms with Crippen molar-refractivity contribution in [3.63, 3.8) is 0 Å². The van der Waals surface area contributed by atoms with Crippen molar-refractivity contribution in [1.82, 2.24) is 10.2 Å². The van der Waals surface area contributed by atoms with E-state index in [1.807, 2.05) is 6.92 Å². The minimum atomic E-state index is -4.50. The van der Waals surface area contributed by atoms with Crippen LogP contribution < -0.4 is 15.4 Å². The molecule has 8 nitrogen and oxygen atoms in total. The maximum absolute atomic E-state index is 12.9. The lowest BCUT2D eigenvalue weighted by atomic mass is 9.95. The van der Waals surface area contributed by atoms with E-state index in [1.165, 1.54) is 0 Å². The Morgan fingerprint density at radius 1 is 1.18 bits per heavy atom. The second-order valence-corrected chi connectivity index (χ2v) is 7.50. The highest BCUT2D eigenvalue weighted by atomic mass is 19.4. The van der Waals surface area contributed by atoms with Crippen molar-refractivity contribution < 1.29 is 37.0 Å². The van der Waals surface area contributed by atoms with Crippen LogP contribution in [0.3, 0.4) is 0 Å². The van der Waals surface area contributed by atoms with E-state index in [0.29, 0.717) is 17.9 Å². The molecule has 2 N–H and O–H groups in total. The highest BCUT2D eigenvalue weighted by Crippen LogP contribution is 2.38. The van der Waals surface area contributed by atoms with Gasteiger partial charge in [0.25, 0.3) is 0 Å². The zero-order valence-corrected chi connectivity index (χ0v) is 17.9. The van der Waals surface area contributed by atoms with Crippen LogP contribution in [0.1, 0.15) is 24.1 Å². The number of ether oxygens (including phenoxy) is 2. The predicted octanol–water partition coefficient (Wildman–Crippen LogP) is 3.62. The minimum Gasteiger partial charge on any atom is -0.494 e. The number of rotatable bonds is 6. The third-order valence-corrected chi connectivity index (χ3v) is 5.33. The third-order valence-electron chi connectivity index (χ3n) is 5.33. The number of cyclic esters (lactones) is 1. The number of halogens is 3. The second kappa shape index (κ2) is 9.08. The van der Waals surface area contributed by atoms with E-state index in [-0.39, 0.29) is 23.6 Å². The van der Waals surface area contributed by atoms with Crippen molar-refractivity contribution >= 4 is 23.6 Å². The number of urea groups is 1. The number of para-hydroxylation sites is 1. The van der Waals surface area contributed by atoms with Crippen molar-refractivity contribution in [2.75, 3.05) is 25.1 Å². The first-order valence-corrected chi connectivity index (χ1v) is 10.4. The van der Waals surface area contributed by atoms with Crippen LogP contribution in [0.5, 0.6) is 5.75 Å². The van der Waals surface area contributed by atoms with E-state index in [1.54, 1.807) is 24.3 Å². The molecule has 0 saturated carbocycles. The molecule has 2 aromatic rings. The van der Waals surface area contributed by atoms with Gasteiger partial charge in [0.15, 0.2) is 0 Å². The summed E-state index contributed by atoms with van der Waals surface area (Å²) in [6.45, 7) is 1.52. The second-order valence-electron chi connectivity index (χ2n) is 7.50. The summed E-state index contributed by atoms with van der Waals surface area (Å²) in [5.74, 6) is -0.788. The van der Waals surface area contributed by atoms with Gasteiger partial charge >= 0.3 is 18.2 Å². The van der Waals surface area contributed by atoms with Crippen molar-refractivity contribution in [2.45, 2.75) is 19.1 Å². The number of hydrogen-bond acceptors (Lipinski definition) is 5. The van der Waals surface area contributed by atoms with Crippen molar-refractivity contribution in [2.24, 2.45) is 0 Å². The van der Waals surface area contributed by atoms with E-state index in [0.717, 1.165) is 29.2 Å². The molecular weight excluding hydrogens is 455 g/mol. The Balaban J connectivity index is 1.56. The molecule has 34 heavy (non-hydrogen) atoms. The number of nitrogens with one attached hydrogen (secondary N) is 2. The van der Waals surface area contributed by atoms with Crippen molar-refractivity contribution in [3.05, 3.63) is 70.9 Å². The number of hydrogen-bond donors (Lipinski definition) is 2. The molecule has 1 unspecified atom stereocenters. The van der Waals surface area contributed by atoms with Gasteiger partial charge < -0.3 is 20.1 Å². The third kappa shape index (κ3) is 4.54. The van der Waals surface area contributed by atoms with Crippen LogP contribution in [-0.4, -0.2) is 42.6 Å². The van der Waals surface area contributed by atoms with E-state index in [2.05, 4.69) is 10.6 Å². The average Bonchev–Trinajstić information content (AvgIpc) is 3.17. The van der Waals surface area contributed by atoms with Crippen LogP contribution >= 0.6 is 0 Å². The first kappa shape index (κ1) is 23.1. The fourth-order valence-corrected chi connectivity index (χ4v) is 3.80. The zero-order valence-electron chi connectivity index (χ0n) is 17.9. The van der Waals surface area contributed by atoms with Gasteiger partial charge in [0.1, 0.15) is 18.9 Å². The number of nitrogens with zero attached hydrogens (tertiary/aromatic N) is 1. The number of carbonyl (C=O) groups excluding carboxylic acids is 3. The molecule has 178 valence electrons. The number of amides is 3. The summed E-state index contributed by atoms with van der Waals surface area (Å²) < 4.78 is 48.9. The molecule has 0 saturated heterocycles. The monoisotopic (exact) mass is 475 g/mol. The van der Waals surface area contributed by atoms with Crippen molar-refractivity contribution in [3.8, 4) is 5.75 Å². The Labute approximate surface area is 192 Å².